The summed E-state index contributed by atoms with van der Waals surface area (Å²) in [4.78, 5) is 10.8. The number of carbonyl (C=O) groups is 1. The predicted octanol–water partition coefficient (Wildman–Crippen LogP) is 1.52. The Morgan fingerprint density at radius 2 is 2.30 bits per heavy atom. The molecule has 0 bridgehead atoms. The number of ether oxygens (including phenoxy) is 1. The van der Waals surface area contributed by atoms with Crippen LogP contribution in [0, 0.1) is 5.92 Å². The molecule has 0 aliphatic carbocycles. The molecule has 10 heavy (non-hydrogen) atoms. The number of hydrogen-bond acceptors (Lipinski definition) is 2. The van der Waals surface area contributed by atoms with Crippen molar-refractivity contribution in [2.75, 3.05) is 6.61 Å². The van der Waals surface area contributed by atoms with Gasteiger partial charge in [-0.15, -0.1) is 0 Å². The van der Waals surface area contributed by atoms with Gasteiger partial charge in [-0.05, 0) is 5.92 Å². The molecule has 0 aromatic heterocycles. The molecule has 0 aromatic rings. The third-order valence-electron chi connectivity index (χ3n) is 1.40. The molecule has 0 amide bonds. The van der Waals surface area contributed by atoms with E-state index < -0.39 is 0 Å². The van der Waals surface area contributed by atoms with E-state index in [0.29, 0.717) is 12.5 Å². The molecule has 1 saturated heterocycles. The lowest BCUT2D eigenvalue weighted by Gasteiger charge is -1.94. The standard InChI is InChI=1S/C8H12O2/c1-6(2)5-7-3-4-10-8(7)9/h5-6H,3-4H2,1-2H3/b7-5+. The fourth-order valence-corrected chi connectivity index (χ4v) is 1.00. The first-order valence-corrected chi connectivity index (χ1v) is 3.58. The Hall–Kier alpha value is -0.790. The summed E-state index contributed by atoms with van der Waals surface area (Å²) in [5.41, 5.74) is 0.843. The number of allylic oxidation sites excluding steroid dienone is 1. The molecule has 0 aromatic carbocycles. The van der Waals surface area contributed by atoms with E-state index in [1.807, 2.05) is 6.08 Å². The number of cyclic esters (lactones) is 1. The summed E-state index contributed by atoms with van der Waals surface area (Å²) < 4.78 is 4.76. The van der Waals surface area contributed by atoms with Gasteiger partial charge < -0.3 is 4.74 Å². The van der Waals surface area contributed by atoms with Crippen molar-refractivity contribution in [1.82, 2.24) is 0 Å². The van der Waals surface area contributed by atoms with Crippen LogP contribution >= 0.6 is 0 Å². The summed E-state index contributed by atoms with van der Waals surface area (Å²) in [5, 5.41) is 0. The summed E-state index contributed by atoms with van der Waals surface area (Å²) in [6, 6.07) is 0. The van der Waals surface area contributed by atoms with Gasteiger partial charge in [0, 0.05) is 12.0 Å². The minimum Gasteiger partial charge on any atom is -0.462 e. The van der Waals surface area contributed by atoms with E-state index >= 15 is 0 Å². The van der Waals surface area contributed by atoms with Crippen LogP contribution in [0.2, 0.25) is 0 Å². The van der Waals surface area contributed by atoms with Gasteiger partial charge in [0.2, 0.25) is 0 Å². The van der Waals surface area contributed by atoms with Crippen LogP contribution < -0.4 is 0 Å². The van der Waals surface area contributed by atoms with Crippen molar-refractivity contribution in [1.29, 1.82) is 0 Å². The average molecular weight is 140 g/mol. The van der Waals surface area contributed by atoms with Gasteiger partial charge in [0.15, 0.2) is 0 Å². The van der Waals surface area contributed by atoms with Gasteiger partial charge in [0.05, 0.1) is 6.61 Å². The van der Waals surface area contributed by atoms with Crippen LogP contribution in [0.25, 0.3) is 0 Å². The van der Waals surface area contributed by atoms with Crippen molar-refractivity contribution >= 4 is 5.97 Å². The van der Waals surface area contributed by atoms with E-state index in [1.165, 1.54) is 0 Å². The van der Waals surface area contributed by atoms with Crippen LogP contribution in [-0.4, -0.2) is 12.6 Å². The molecule has 0 saturated carbocycles. The van der Waals surface area contributed by atoms with Crippen molar-refractivity contribution in [2.45, 2.75) is 20.3 Å². The summed E-state index contributed by atoms with van der Waals surface area (Å²) in [5.74, 6) is 0.314. The van der Waals surface area contributed by atoms with E-state index in [0.717, 1.165) is 12.0 Å². The molecule has 0 spiro atoms. The summed E-state index contributed by atoms with van der Waals surface area (Å²) in [7, 11) is 0. The second kappa shape index (κ2) is 2.86. The lowest BCUT2D eigenvalue weighted by molar-refractivity contribution is -0.135. The normalized spacial score (nSPS) is 22.3. The van der Waals surface area contributed by atoms with Gasteiger partial charge in [-0.3, -0.25) is 0 Å². The monoisotopic (exact) mass is 140 g/mol. The Morgan fingerprint density at radius 1 is 1.60 bits per heavy atom. The van der Waals surface area contributed by atoms with Gasteiger partial charge in [-0.25, -0.2) is 4.79 Å². The van der Waals surface area contributed by atoms with Crippen LogP contribution in [0.15, 0.2) is 11.6 Å². The fourth-order valence-electron chi connectivity index (χ4n) is 1.00. The average Bonchev–Trinajstić information content (AvgIpc) is 2.15. The number of rotatable bonds is 1. The Kier molecular flexibility index (Phi) is 2.10. The Labute approximate surface area is 60.9 Å². The second-order valence-electron chi connectivity index (χ2n) is 2.82. The lowest BCUT2D eigenvalue weighted by atomic mass is 10.1. The Balaban J connectivity index is 2.62. The molecule has 0 N–H and O–H groups in total. The molecular weight excluding hydrogens is 128 g/mol. The molecule has 0 unspecified atom stereocenters. The highest BCUT2D eigenvalue weighted by Crippen LogP contribution is 2.14. The molecule has 1 heterocycles. The molecular formula is C8H12O2. The van der Waals surface area contributed by atoms with Gasteiger partial charge in [-0.2, -0.15) is 0 Å². The van der Waals surface area contributed by atoms with Gasteiger partial charge in [0.1, 0.15) is 0 Å². The minimum atomic E-state index is -0.131. The van der Waals surface area contributed by atoms with Crippen molar-refractivity contribution in [2.24, 2.45) is 5.92 Å². The van der Waals surface area contributed by atoms with E-state index in [1.54, 1.807) is 0 Å². The molecule has 2 heteroatoms. The third kappa shape index (κ3) is 1.59. The maximum absolute atomic E-state index is 10.8. The smallest absolute Gasteiger partial charge is 0.333 e. The third-order valence-corrected chi connectivity index (χ3v) is 1.40. The van der Waals surface area contributed by atoms with Crippen LogP contribution in [-0.2, 0) is 9.53 Å². The van der Waals surface area contributed by atoms with Crippen molar-refractivity contribution < 1.29 is 9.53 Å². The number of hydrogen-bond donors (Lipinski definition) is 0. The highest BCUT2D eigenvalue weighted by molar-refractivity contribution is 5.90. The van der Waals surface area contributed by atoms with Crippen LogP contribution in [0.5, 0.6) is 0 Å². The van der Waals surface area contributed by atoms with Gasteiger partial charge >= 0.3 is 5.97 Å². The highest BCUT2D eigenvalue weighted by atomic mass is 16.5. The Morgan fingerprint density at radius 3 is 2.70 bits per heavy atom. The van der Waals surface area contributed by atoms with E-state index in [9.17, 15) is 4.79 Å². The maximum Gasteiger partial charge on any atom is 0.333 e. The minimum absolute atomic E-state index is 0.131. The van der Waals surface area contributed by atoms with Gasteiger partial charge in [0.25, 0.3) is 0 Å². The first kappa shape index (κ1) is 7.32. The topological polar surface area (TPSA) is 26.3 Å². The van der Waals surface area contributed by atoms with E-state index in [4.69, 9.17) is 4.74 Å². The number of esters is 1. The quantitative estimate of drug-likeness (QED) is 0.407. The zero-order valence-corrected chi connectivity index (χ0v) is 6.39. The van der Waals surface area contributed by atoms with Crippen LogP contribution in [0.4, 0.5) is 0 Å². The summed E-state index contributed by atoms with van der Waals surface area (Å²) in [6.45, 7) is 4.68. The lowest BCUT2D eigenvalue weighted by Crippen LogP contribution is -1.96. The molecule has 1 aliphatic rings. The Bertz CT molecular complexity index is 168. The molecule has 0 radical (unpaired) electrons. The van der Waals surface area contributed by atoms with E-state index in [2.05, 4.69) is 13.8 Å². The second-order valence-corrected chi connectivity index (χ2v) is 2.82. The SMILES string of the molecule is CC(C)/C=C1\CCOC1=O. The van der Waals surface area contributed by atoms with Crippen LogP contribution in [0.3, 0.4) is 0 Å². The highest BCUT2D eigenvalue weighted by Gasteiger charge is 2.17. The maximum atomic E-state index is 10.8. The first-order chi connectivity index (χ1) is 4.70. The van der Waals surface area contributed by atoms with Crippen molar-refractivity contribution in [3.8, 4) is 0 Å². The molecule has 0 atom stereocenters. The fraction of sp³-hybridized carbons (Fsp3) is 0.625. The summed E-state index contributed by atoms with van der Waals surface area (Å²) in [6.07, 6.45) is 2.76. The molecule has 1 rings (SSSR count). The molecule has 56 valence electrons. The zero-order valence-electron chi connectivity index (χ0n) is 6.39. The molecule has 1 aliphatic heterocycles. The zero-order chi connectivity index (χ0) is 7.56. The van der Waals surface area contributed by atoms with E-state index in [-0.39, 0.29) is 5.97 Å². The van der Waals surface area contributed by atoms with Crippen LogP contribution in [0.1, 0.15) is 20.3 Å². The van der Waals surface area contributed by atoms with Gasteiger partial charge in [-0.1, -0.05) is 19.9 Å². The van der Waals surface area contributed by atoms with Crippen molar-refractivity contribution in [3.05, 3.63) is 11.6 Å². The number of carbonyl (C=O) groups excluding carboxylic acids is 1. The largest absolute Gasteiger partial charge is 0.462 e. The predicted molar refractivity (Wildman–Crippen MR) is 38.5 cm³/mol. The molecule has 2 nitrogen and oxygen atoms in total. The van der Waals surface area contributed by atoms with Crippen molar-refractivity contribution in [3.63, 3.8) is 0 Å². The summed E-state index contributed by atoms with van der Waals surface area (Å²) >= 11 is 0. The first-order valence-electron chi connectivity index (χ1n) is 3.58. The molecule has 1 fully saturated rings.